The number of thiophene rings is 1. The normalized spacial score (nSPS) is 13.5. The summed E-state index contributed by atoms with van der Waals surface area (Å²) in [6.07, 6.45) is 1.27. The first-order chi connectivity index (χ1) is 9.49. The molecule has 0 aliphatic rings. The maximum atomic E-state index is 11.6. The molecule has 0 aliphatic heterocycles. The maximum absolute atomic E-state index is 11.6. The van der Waals surface area contributed by atoms with E-state index in [0.29, 0.717) is 4.88 Å². The molecule has 0 saturated carbocycles. The van der Waals surface area contributed by atoms with Gasteiger partial charge in [-0.3, -0.25) is 14.9 Å². The van der Waals surface area contributed by atoms with E-state index in [1.807, 2.05) is 5.38 Å². The largest absolute Gasteiger partial charge is 0.383 e. The minimum atomic E-state index is -1.22. The van der Waals surface area contributed by atoms with Crippen LogP contribution in [0.4, 0.5) is 5.82 Å². The maximum Gasteiger partial charge on any atom is 0.314 e. The number of hydrogen-bond acceptors (Lipinski definition) is 6. The molecular formula is C12H13N3O4S. The Morgan fingerprint density at radius 3 is 2.85 bits per heavy atom. The van der Waals surface area contributed by atoms with E-state index in [4.69, 9.17) is 0 Å². The first-order valence-electron chi connectivity index (χ1n) is 5.75. The Morgan fingerprint density at radius 2 is 2.25 bits per heavy atom. The standard InChI is InChI=1S/C12H13N3O4S/c1-12(18,8-3-2-6-20-8)7-13-10(16)11(17)14-9-4-5-19-15-9/h2-6,18H,7H2,1H3,(H,13,16)(H,14,15,17)/t12-/m1/s1. The van der Waals surface area contributed by atoms with Crippen LogP contribution in [0.2, 0.25) is 0 Å². The predicted molar refractivity (Wildman–Crippen MR) is 72.0 cm³/mol. The number of carbonyl (C=O) groups excluding carboxylic acids is 2. The van der Waals surface area contributed by atoms with Gasteiger partial charge in [-0.25, -0.2) is 0 Å². The van der Waals surface area contributed by atoms with Crippen LogP contribution in [0.5, 0.6) is 0 Å². The van der Waals surface area contributed by atoms with Crippen LogP contribution in [-0.4, -0.2) is 28.6 Å². The van der Waals surface area contributed by atoms with Crippen molar-refractivity contribution in [2.24, 2.45) is 0 Å². The number of rotatable bonds is 4. The van der Waals surface area contributed by atoms with E-state index in [9.17, 15) is 14.7 Å². The van der Waals surface area contributed by atoms with Crippen molar-refractivity contribution in [3.8, 4) is 0 Å². The smallest absolute Gasteiger partial charge is 0.314 e. The molecule has 2 amide bonds. The summed E-state index contributed by atoms with van der Waals surface area (Å²) >= 11 is 1.37. The second-order valence-corrected chi connectivity index (χ2v) is 5.22. The van der Waals surface area contributed by atoms with Crippen molar-refractivity contribution >= 4 is 29.0 Å². The summed E-state index contributed by atoms with van der Waals surface area (Å²) < 4.78 is 4.52. The Morgan fingerprint density at radius 1 is 1.45 bits per heavy atom. The Labute approximate surface area is 118 Å². The van der Waals surface area contributed by atoms with Crippen LogP contribution in [0.25, 0.3) is 0 Å². The van der Waals surface area contributed by atoms with Crippen LogP contribution in [0.1, 0.15) is 11.8 Å². The summed E-state index contributed by atoms with van der Waals surface area (Å²) in [5, 5.41) is 20.1. The molecule has 0 spiro atoms. The predicted octanol–water partition coefficient (Wildman–Crippen LogP) is 0.698. The topological polar surface area (TPSA) is 104 Å². The van der Waals surface area contributed by atoms with Crippen LogP contribution in [0.15, 0.2) is 34.4 Å². The molecule has 2 aromatic rings. The summed E-state index contributed by atoms with van der Waals surface area (Å²) in [5.74, 6) is -1.58. The molecule has 106 valence electrons. The highest BCUT2D eigenvalue weighted by atomic mass is 32.1. The summed E-state index contributed by atoms with van der Waals surface area (Å²) in [4.78, 5) is 23.8. The lowest BCUT2D eigenvalue weighted by Gasteiger charge is -2.21. The van der Waals surface area contributed by atoms with Crippen LogP contribution in [0.3, 0.4) is 0 Å². The van der Waals surface area contributed by atoms with Gasteiger partial charge in [-0.15, -0.1) is 11.3 Å². The molecule has 0 unspecified atom stereocenters. The van der Waals surface area contributed by atoms with Crippen molar-refractivity contribution in [2.75, 3.05) is 11.9 Å². The molecule has 0 fully saturated rings. The fourth-order valence-corrected chi connectivity index (χ4v) is 2.24. The van der Waals surface area contributed by atoms with Gasteiger partial charge >= 0.3 is 11.8 Å². The number of hydrogen-bond donors (Lipinski definition) is 3. The number of amides is 2. The number of aliphatic hydroxyl groups is 1. The summed E-state index contributed by atoms with van der Waals surface area (Å²) in [6, 6.07) is 4.97. The molecule has 3 N–H and O–H groups in total. The molecule has 0 saturated heterocycles. The highest BCUT2D eigenvalue weighted by Gasteiger charge is 2.26. The summed E-state index contributed by atoms with van der Waals surface area (Å²) in [6.45, 7) is 1.49. The van der Waals surface area contributed by atoms with Gasteiger partial charge in [-0.1, -0.05) is 11.2 Å². The van der Waals surface area contributed by atoms with E-state index in [1.165, 1.54) is 23.7 Å². The Kier molecular flexibility index (Phi) is 4.16. The van der Waals surface area contributed by atoms with Crippen LogP contribution >= 0.6 is 11.3 Å². The van der Waals surface area contributed by atoms with Gasteiger partial charge in [0.05, 0.1) is 6.54 Å². The molecule has 2 aromatic heterocycles. The number of nitrogens with one attached hydrogen (secondary N) is 2. The molecule has 7 nitrogen and oxygen atoms in total. The first-order valence-corrected chi connectivity index (χ1v) is 6.63. The van der Waals surface area contributed by atoms with Crippen LogP contribution in [0, 0.1) is 0 Å². The lowest BCUT2D eigenvalue weighted by atomic mass is 10.1. The molecule has 0 aromatic carbocycles. The van der Waals surface area contributed by atoms with E-state index >= 15 is 0 Å². The van der Waals surface area contributed by atoms with Crippen molar-refractivity contribution < 1.29 is 19.2 Å². The van der Waals surface area contributed by atoms with Crippen molar-refractivity contribution in [2.45, 2.75) is 12.5 Å². The monoisotopic (exact) mass is 295 g/mol. The molecule has 0 bridgehead atoms. The minimum absolute atomic E-state index is 0.0709. The van der Waals surface area contributed by atoms with Crippen molar-refractivity contribution in [1.29, 1.82) is 0 Å². The molecule has 1 atom stereocenters. The van der Waals surface area contributed by atoms with E-state index < -0.39 is 17.4 Å². The molecule has 20 heavy (non-hydrogen) atoms. The Balaban J connectivity index is 1.87. The molecular weight excluding hydrogens is 282 g/mol. The second kappa shape index (κ2) is 5.85. The Bertz CT molecular complexity index is 578. The number of anilines is 1. The zero-order chi connectivity index (χ0) is 14.6. The van der Waals surface area contributed by atoms with E-state index in [-0.39, 0.29) is 12.4 Å². The van der Waals surface area contributed by atoms with Crippen LogP contribution < -0.4 is 10.6 Å². The lowest BCUT2D eigenvalue weighted by molar-refractivity contribution is -0.136. The van der Waals surface area contributed by atoms with Crippen molar-refractivity contribution in [3.63, 3.8) is 0 Å². The van der Waals surface area contributed by atoms with Gasteiger partial charge in [0.1, 0.15) is 11.9 Å². The zero-order valence-electron chi connectivity index (χ0n) is 10.6. The van der Waals surface area contributed by atoms with Crippen LogP contribution in [-0.2, 0) is 15.2 Å². The SMILES string of the molecule is C[C@@](O)(CNC(=O)C(=O)Nc1ccon1)c1cccs1. The zero-order valence-corrected chi connectivity index (χ0v) is 11.4. The van der Waals surface area contributed by atoms with Crippen molar-refractivity contribution in [3.05, 3.63) is 34.7 Å². The van der Waals surface area contributed by atoms with Gasteiger partial charge in [0.2, 0.25) is 0 Å². The second-order valence-electron chi connectivity index (χ2n) is 4.27. The van der Waals surface area contributed by atoms with Crippen molar-refractivity contribution in [1.82, 2.24) is 10.5 Å². The number of aromatic nitrogens is 1. The fourth-order valence-electron chi connectivity index (χ4n) is 1.45. The average molecular weight is 295 g/mol. The third-order valence-electron chi connectivity index (χ3n) is 2.53. The quantitative estimate of drug-likeness (QED) is 0.720. The third kappa shape index (κ3) is 3.43. The van der Waals surface area contributed by atoms with E-state index in [1.54, 1.807) is 19.1 Å². The van der Waals surface area contributed by atoms with E-state index in [0.717, 1.165) is 0 Å². The van der Waals surface area contributed by atoms with Gasteiger partial charge in [0, 0.05) is 10.9 Å². The lowest BCUT2D eigenvalue weighted by Crippen LogP contribution is -2.43. The average Bonchev–Trinajstić information content (AvgIpc) is 3.08. The molecule has 0 aliphatic carbocycles. The molecule has 2 heterocycles. The highest BCUT2D eigenvalue weighted by Crippen LogP contribution is 2.24. The van der Waals surface area contributed by atoms with Gasteiger partial charge < -0.3 is 14.9 Å². The van der Waals surface area contributed by atoms with Gasteiger partial charge in [-0.05, 0) is 18.4 Å². The van der Waals surface area contributed by atoms with Gasteiger partial charge in [-0.2, -0.15) is 0 Å². The minimum Gasteiger partial charge on any atom is -0.383 e. The molecule has 2 rings (SSSR count). The van der Waals surface area contributed by atoms with Gasteiger partial charge in [0.15, 0.2) is 5.82 Å². The Hall–Kier alpha value is -2.19. The summed E-state index contributed by atoms with van der Waals surface area (Å²) in [7, 11) is 0. The third-order valence-corrected chi connectivity index (χ3v) is 3.65. The fraction of sp³-hybridized carbons (Fsp3) is 0.250. The molecule has 8 heteroatoms. The summed E-state index contributed by atoms with van der Waals surface area (Å²) in [5.41, 5.74) is -1.22. The van der Waals surface area contributed by atoms with Gasteiger partial charge in [0.25, 0.3) is 0 Å². The first kappa shape index (κ1) is 14.2. The number of carbonyl (C=O) groups is 2. The molecule has 0 radical (unpaired) electrons. The highest BCUT2D eigenvalue weighted by molar-refractivity contribution is 7.10. The number of nitrogens with zero attached hydrogens (tertiary/aromatic N) is 1. The van der Waals surface area contributed by atoms with E-state index in [2.05, 4.69) is 20.3 Å².